The first-order valence-corrected chi connectivity index (χ1v) is 7.87. The van der Waals surface area contributed by atoms with Crippen LogP contribution in [0.25, 0.3) is 0 Å². The summed E-state index contributed by atoms with van der Waals surface area (Å²) in [5, 5.41) is 12.8. The molecule has 20 heavy (non-hydrogen) atoms. The van der Waals surface area contributed by atoms with Crippen LogP contribution in [-0.2, 0) is 4.79 Å². The van der Waals surface area contributed by atoms with Crippen molar-refractivity contribution < 1.29 is 9.90 Å². The molecule has 118 valence electrons. The number of aliphatic hydroxyl groups excluding tert-OH is 1. The van der Waals surface area contributed by atoms with Gasteiger partial charge in [0, 0.05) is 31.2 Å². The summed E-state index contributed by atoms with van der Waals surface area (Å²) in [5.41, 5.74) is -0.330. The fraction of sp³-hybridized carbons (Fsp3) is 0.938. The molecule has 1 amide bonds. The predicted molar refractivity (Wildman–Crippen MR) is 82.5 cm³/mol. The molecule has 0 aromatic carbocycles. The third kappa shape index (κ3) is 5.41. The molecule has 0 aromatic heterocycles. The normalized spacial score (nSPS) is 24.2. The number of nitrogens with one attached hydrogen (secondary N) is 1. The summed E-state index contributed by atoms with van der Waals surface area (Å²) >= 11 is 0. The second kappa shape index (κ2) is 7.41. The van der Waals surface area contributed by atoms with Gasteiger partial charge in [-0.15, -0.1) is 0 Å². The molecule has 2 unspecified atom stereocenters. The minimum atomic E-state index is -0.330. The van der Waals surface area contributed by atoms with Crippen molar-refractivity contribution in [2.45, 2.75) is 53.5 Å². The minimum absolute atomic E-state index is 0.207. The average molecular weight is 284 g/mol. The molecule has 0 bridgehead atoms. The highest BCUT2D eigenvalue weighted by atomic mass is 16.3. The van der Waals surface area contributed by atoms with E-state index in [1.54, 1.807) is 0 Å². The molecular formula is C16H32N2O2. The first kappa shape index (κ1) is 17.4. The van der Waals surface area contributed by atoms with Crippen molar-refractivity contribution in [3.05, 3.63) is 0 Å². The predicted octanol–water partition coefficient (Wildman–Crippen LogP) is 1.88. The van der Waals surface area contributed by atoms with E-state index in [1.165, 1.54) is 0 Å². The highest BCUT2D eigenvalue weighted by Crippen LogP contribution is 2.25. The zero-order chi connectivity index (χ0) is 15.3. The average Bonchev–Trinajstić information content (AvgIpc) is 2.34. The number of likely N-dealkylation sites (tertiary alicyclic amines) is 1. The van der Waals surface area contributed by atoms with E-state index in [1.807, 2.05) is 25.7 Å². The molecule has 1 aliphatic heterocycles. The van der Waals surface area contributed by atoms with E-state index in [4.69, 9.17) is 0 Å². The first-order chi connectivity index (χ1) is 9.24. The summed E-state index contributed by atoms with van der Waals surface area (Å²) in [4.78, 5) is 14.5. The number of nitrogens with zero attached hydrogens (tertiary/aromatic N) is 1. The highest BCUT2D eigenvalue weighted by Gasteiger charge is 2.34. The van der Waals surface area contributed by atoms with Gasteiger partial charge in [0.1, 0.15) is 0 Å². The van der Waals surface area contributed by atoms with Crippen LogP contribution in [0.1, 0.15) is 47.5 Å². The number of hydrogen-bond donors (Lipinski definition) is 2. The van der Waals surface area contributed by atoms with Gasteiger partial charge < -0.3 is 15.3 Å². The third-order valence-corrected chi connectivity index (χ3v) is 3.82. The Kier molecular flexibility index (Phi) is 6.46. The van der Waals surface area contributed by atoms with Gasteiger partial charge >= 0.3 is 0 Å². The van der Waals surface area contributed by atoms with Gasteiger partial charge in [-0.2, -0.15) is 0 Å². The van der Waals surface area contributed by atoms with Crippen molar-refractivity contribution in [1.29, 1.82) is 0 Å². The SMILES string of the molecule is CC(C)CNC1CC(CCO)CN(C(=O)C(C)(C)C)C1. The number of hydrogen-bond acceptors (Lipinski definition) is 3. The summed E-state index contributed by atoms with van der Waals surface area (Å²) in [6, 6.07) is 0.356. The Morgan fingerprint density at radius 2 is 2.00 bits per heavy atom. The molecule has 2 atom stereocenters. The van der Waals surface area contributed by atoms with Gasteiger partial charge in [0.15, 0.2) is 0 Å². The van der Waals surface area contributed by atoms with Crippen LogP contribution in [0.5, 0.6) is 0 Å². The summed E-state index contributed by atoms with van der Waals surface area (Å²) in [5.74, 6) is 1.24. The largest absolute Gasteiger partial charge is 0.396 e. The molecule has 0 aromatic rings. The zero-order valence-corrected chi connectivity index (χ0v) is 13.8. The molecule has 1 heterocycles. The Hall–Kier alpha value is -0.610. The standard InChI is InChI=1S/C16H32N2O2/c1-12(2)9-17-14-8-13(6-7-19)10-18(11-14)15(20)16(3,4)5/h12-14,17,19H,6-11H2,1-5H3. The first-order valence-electron chi connectivity index (χ1n) is 7.87. The number of carbonyl (C=O) groups excluding carboxylic acids is 1. The van der Waals surface area contributed by atoms with E-state index in [2.05, 4.69) is 19.2 Å². The maximum atomic E-state index is 12.5. The number of aliphatic hydroxyl groups is 1. The molecule has 0 aliphatic carbocycles. The van der Waals surface area contributed by atoms with E-state index >= 15 is 0 Å². The van der Waals surface area contributed by atoms with Gasteiger partial charge in [-0.3, -0.25) is 4.79 Å². The van der Waals surface area contributed by atoms with E-state index < -0.39 is 0 Å². The molecule has 0 radical (unpaired) electrons. The van der Waals surface area contributed by atoms with Gasteiger partial charge in [0.05, 0.1) is 0 Å². The lowest BCUT2D eigenvalue weighted by Crippen LogP contribution is -2.54. The quantitative estimate of drug-likeness (QED) is 0.810. The molecule has 0 saturated carbocycles. The Bertz CT molecular complexity index is 310. The fourth-order valence-corrected chi connectivity index (χ4v) is 2.79. The Morgan fingerprint density at radius 1 is 1.35 bits per heavy atom. The number of rotatable bonds is 5. The van der Waals surface area contributed by atoms with E-state index in [-0.39, 0.29) is 17.9 Å². The molecule has 2 N–H and O–H groups in total. The second-order valence-corrected chi connectivity index (χ2v) is 7.57. The van der Waals surface area contributed by atoms with Crippen LogP contribution in [0.2, 0.25) is 0 Å². The van der Waals surface area contributed by atoms with Gasteiger partial charge in [0.25, 0.3) is 0 Å². The van der Waals surface area contributed by atoms with Crippen molar-refractivity contribution in [2.75, 3.05) is 26.2 Å². The maximum absolute atomic E-state index is 12.5. The summed E-state index contributed by atoms with van der Waals surface area (Å²) < 4.78 is 0. The maximum Gasteiger partial charge on any atom is 0.228 e. The topological polar surface area (TPSA) is 52.6 Å². The Labute approximate surface area is 123 Å². The molecule has 1 rings (SSSR count). The van der Waals surface area contributed by atoms with Gasteiger partial charge in [-0.25, -0.2) is 0 Å². The third-order valence-electron chi connectivity index (χ3n) is 3.82. The van der Waals surface area contributed by atoms with Crippen molar-refractivity contribution in [3.8, 4) is 0 Å². The van der Waals surface area contributed by atoms with Crippen LogP contribution in [0.15, 0.2) is 0 Å². The van der Waals surface area contributed by atoms with Crippen molar-refractivity contribution in [1.82, 2.24) is 10.2 Å². The molecule has 1 saturated heterocycles. The van der Waals surface area contributed by atoms with Crippen molar-refractivity contribution in [3.63, 3.8) is 0 Å². The molecular weight excluding hydrogens is 252 g/mol. The lowest BCUT2D eigenvalue weighted by molar-refractivity contribution is -0.142. The van der Waals surface area contributed by atoms with E-state index in [0.29, 0.717) is 17.9 Å². The van der Waals surface area contributed by atoms with Gasteiger partial charge in [-0.05, 0) is 31.2 Å². The molecule has 0 spiro atoms. The zero-order valence-electron chi connectivity index (χ0n) is 13.8. The Balaban J connectivity index is 2.67. The van der Waals surface area contributed by atoms with Gasteiger partial charge in [-0.1, -0.05) is 34.6 Å². The molecule has 4 nitrogen and oxygen atoms in total. The lowest BCUT2D eigenvalue weighted by Gasteiger charge is -2.41. The second-order valence-electron chi connectivity index (χ2n) is 7.57. The summed E-state index contributed by atoms with van der Waals surface area (Å²) in [6.45, 7) is 13.1. The highest BCUT2D eigenvalue weighted by molar-refractivity contribution is 5.81. The van der Waals surface area contributed by atoms with Crippen LogP contribution in [0.3, 0.4) is 0 Å². The molecule has 1 fully saturated rings. The van der Waals surface area contributed by atoms with Crippen LogP contribution in [-0.4, -0.2) is 48.2 Å². The molecule has 1 aliphatic rings. The number of piperidine rings is 1. The molecule has 4 heteroatoms. The summed E-state index contributed by atoms with van der Waals surface area (Å²) in [6.07, 6.45) is 1.84. The van der Waals surface area contributed by atoms with Crippen molar-refractivity contribution >= 4 is 5.91 Å². The number of carbonyl (C=O) groups is 1. The minimum Gasteiger partial charge on any atom is -0.396 e. The number of amides is 1. The smallest absolute Gasteiger partial charge is 0.228 e. The van der Waals surface area contributed by atoms with Crippen LogP contribution in [0, 0.1) is 17.3 Å². The fourth-order valence-electron chi connectivity index (χ4n) is 2.79. The monoisotopic (exact) mass is 284 g/mol. The lowest BCUT2D eigenvalue weighted by atomic mass is 9.88. The van der Waals surface area contributed by atoms with Crippen molar-refractivity contribution in [2.24, 2.45) is 17.3 Å². The van der Waals surface area contributed by atoms with Gasteiger partial charge in [0.2, 0.25) is 5.91 Å². The van der Waals surface area contributed by atoms with Crippen LogP contribution in [0.4, 0.5) is 0 Å². The summed E-state index contributed by atoms with van der Waals surface area (Å²) in [7, 11) is 0. The van der Waals surface area contributed by atoms with Crippen LogP contribution < -0.4 is 5.32 Å². The Morgan fingerprint density at radius 3 is 2.50 bits per heavy atom. The van der Waals surface area contributed by atoms with Crippen LogP contribution >= 0.6 is 0 Å². The van der Waals surface area contributed by atoms with E-state index in [0.717, 1.165) is 32.5 Å². The van der Waals surface area contributed by atoms with E-state index in [9.17, 15) is 9.90 Å².